The first-order valence-corrected chi connectivity index (χ1v) is 7.92. The molecule has 0 aliphatic carbocycles. The van der Waals surface area contributed by atoms with Gasteiger partial charge < -0.3 is 14.0 Å². The summed E-state index contributed by atoms with van der Waals surface area (Å²) in [5.74, 6) is 1.64. The lowest BCUT2D eigenvalue weighted by molar-refractivity contribution is 0.174. The van der Waals surface area contributed by atoms with E-state index in [-0.39, 0.29) is 0 Å². The maximum absolute atomic E-state index is 5.43. The van der Waals surface area contributed by atoms with E-state index < -0.39 is 0 Å². The topological polar surface area (TPSA) is 36.3 Å². The highest BCUT2D eigenvalue weighted by atomic mass is 32.2. The van der Waals surface area contributed by atoms with Gasteiger partial charge in [0.25, 0.3) is 0 Å². The lowest BCUT2D eigenvalue weighted by atomic mass is 10.2. The summed E-state index contributed by atoms with van der Waals surface area (Å²) < 4.78 is 13.0. The van der Waals surface area contributed by atoms with Crippen molar-refractivity contribution in [2.45, 2.75) is 11.7 Å². The molecule has 0 amide bonds. The lowest BCUT2D eigenvalue weighted by Crippen LogP contribution is -1.92. The molecule has 3 heterocycles. The second-order valence-electron chi connectivity index (χ2n) is 5.29. The highest BCUT2D eigenvalue weighted by Crippen LogP contribution is 2.39. The van der Waals surface area contributed by atoms with E-state index in [1.807, 2.05) is 18.2 Å². The summed E-state index contributed by atoms with van der Waals surface area (Å²) in [7, 11) is 0. The van der Waals surface area contributed by atoms with Gasteiger partial charge in [0.1, 0.15) is 0 Å². The van der Waals surface area contributed by atoms with Crippen molar-refractivity contribution in [2.24, 2.45) is 0 Å². The van der Waals surface area contributed by atoms with Crippen LogP contribution in [-0.4, -0.2) is 16.3 Å². The minimum Gasteiger partial charge on any atom is -0.454 e. The van der Waals surface area contributed by atoms with E-state index in [2.05, 4.69) is 39.9 Å². The minimum atomic E-state index is 0.311. The van der Waals surface area contributed by atoms with E-state index in [1.165, 1.54) is 10.4 Å². The molecule has 5 rings (SSSR count). The Balaban J connectivity index is 1.50. The number of para-hydroxylation sites is 2. The first-order chi connectivity index (χ1) is 10.9. The van der Waals surface area contributed by atoms with E-state index >= 15 is 0 Å². The normalized spacial score (nSPS) is 17.4. The average Bonchev–Trinajstić information content (AvgIpc) is 3.20. The number of fused-ring (bicyclic) bond motifs is 4. The van der Waals surface area contributed by atoms with Crippen molar-refractivity contribution in [1.29, 1.82) is 0 Å². The fraction of sp³-hybridized carbons (Fsp3) is 0.118. The number of benzene rings is 2. The number of thioether (sulfide) groups is 1. The number of imidazole rings is 1. The number of hydrogen-bond acceptors (Lipinski definition) is 4. The van der Waals surface area contributed by atoms with Gasteiger partial charge in [0.05, 0.1) is 17.6 Å². The van der Waals surface area contributed by atoms with E-state index in [0.29, 0.717) is 6.79 Å². The zero-order valence-corrected chi connectivity index (χ0v) is 12.5. The van der Waals surface area contributed by atoms with Crippen molar-refractivity contribution in [3.8, 4) is 11.5 Å². The first-order valence-electron chi connectivity index (χ1n) is 7.10. The van der Waals surface area contributed by atoms with Crippen molar-refractivity contribution < 1.29 is 9.47 Å². The molecule has 0 radical (unpaired) electrons. The Hall–Kier alpha value is -2.40. The Kier molecular flexibility index (Phi) is 2.52. The number of allylic oxidation sites excluding steroid dienone is 1. The van der Waals surface area contributed by atoms with Gasteiger partial charge in [-0.1, -0.05) is 30.0 Å². The monoisotopic (exact) mass is 308 g/mol. The fourth-order valence-electron chi connectivity index (χ4n) is 2.85. The molecule has 2 aromatic carbocycles. The Morgan fingerprint density at radius 2 is 2.00 bits per heavy atom. The number of aromatic nitrogens is 2. The Morgan fingerprint density at radius 1 is 1.09 bits per heavy atom. The van der Waals surface area contributed by atoms with Crippen molar-refractivity contribution in [2.75, 3.05) is 6.79 Å². The molecule has 0 saturated carbocycles. The zero-order valence-electron chi connectivity index (χ0n) is 11.7. The third-order valence-electron chi connectivity index (χ3n) is 3.88. The van der Waals surface area contributed by atoms with Crippen molar-refractivity contribution in [3.63, 3.8) is 0 Å². The second kappa shape index (κ2) is 4.55. The van der Waals surface area contributed by atoms with Crippen LogP contribution in [0.15, 0.2) is 52.5 Å². The van der Waals surface area contributed by atoms with E-state index in [1.54, 1.807) is 11.8 Å². The molecule has 2 aliphatic rings. The van der Waals surface area contributed by atoms with Gasteiger partial charge in [0.15, 0.2) is 16.7 Å². The summed E-state index contributed by atoms with van der Waals surface area (Å²) in [5, 5.41) is 1.06. The Morgan fingerprint density at radius 3 is 3.00 bits per heavy atom. The number of hydrogen-bond donors (Lipinski definition) is 0. The lowest BCUT2D eigenvalue weighted by Gasteiger charge is -2.01. The van der Waals surface area contributed by atoms with Crippen molar-refractivity contribution in [1.82, 2.24) is 9.55 Å². The third kappa shape index (κ3) is 1.82. The van der Waals surface area contributed by atoms with Gasteiger partial charge in [-0.2, -0.15) is 0 Å². The summed E-state index contributed by atoms with van der Waals surface area (Å²) >= 11 is 1.73. The van der Waals surface area contributed by atoms with Crippen molar-refractivity contribution in [3.05, 3.63) is 52.9 Å². The minimum absolute atomic E-state index is 0.311. The van der Waals surface area contributed by atoms with Gasteiger partial charge in [-0.3, -0.25) is 0 Å². The van der Waals surface area contributed by atoms with E-state index in [9.17, 15) is 0 Å². The summed E-state index contributed by atoms with van der Waals surface area (Å²) in [4.78, 5) is 5.97. The molecule has 0 bridgehead atoms. The van der Waals surface area contributed by atoms with Crippen LogP contribution in [0.25, 0.3) is 17.1 Å². The molecule has 0 atom stereocenters. The quantitative estimate of drug-likeness (QED) is 0.683. The fourth-order valence-corrected chi connectivity index (χ4v) is 3.89. The molecule has 108 valence electrons. The molecular weight excluding hydrogens is 296 g/mol. The Bertz CT molecular complexity index is 930. The van der Waals surface area contributed by atoms with Crippen molar-refractivity contribution >= 4 is 28.9 Å². The van der Waals surface area contributed by atoms with Gasteiger partial charge in [0.2, 0.25) is 6.79 Å². The maximum atomic E-state index is 5.43. The van der Waals surface area contributed by atoms with E-state index in [4.69, 9.17) is 9.47 Å². The number of ether oxygens (including phenoxy) is 2. The second-order valence-corrected chi connectivity index (χ2v) is 6.39. The molecule has 3 aromatic rings. The average molecular weight is 308 g/mol. The van der Waals surface area contributed by atoms with Gasteiger partial charge >= 0.3 is 0 Å². The van der Waals surface area contributed by atoms with Crippen LogP contribution < -0.4 is 9.47 Å². The summed E-state index contributed by atoms with van der Waals surface area (Å²) in [6.07, 6.45) is 2.19. The summed E-state index contributed by atoms with van der Waals surface area (Å²) in [5.41, 5.74) is 3.38. The SMILES string of the molecule is C(=C1\Cn2c(nc3ccccc32)S1)/c1ccc2c(c1)OCO2. The molecule has 0 fully saturated rings. The third-order valence-corrected chi connectivity index (χ3v) is 4.88. The first kappa shape index (κ1) is 12.2. The molecule has 0 saturated heterocycles. The highest BCUT2D eigenvalue weighted by Gasteiger charge is 2.21. The highest BCUT2D eigenvalue weighted by molar-refractivity contribution is 8.03. The predicted octanol–water partition coefficient (Wildman–Crippen LogP) is 3.91. The number of nitrogens with zero attached hydrogens (tertiary/aromatic N) is 2. The van der Waals surface area contributed by atoms with Crippen LogP contribution in [-0.2, 0) is 6.54 Å². The molecule has 0 unspecified atom stereocenters. The van der Waals surface area contributed by atoms with Gasteiger partial charge in [-0.15, -0.1) is 0 Å². The van der Waals surface area contributed by atoms with Crippen LogP contribution in [0.1, 0.15) is 5.56 Å². The number of rotatable bonds is 1. The molecule has 4 nitrogen and oxygen atoms in total. The maximum Gasteiger partial charge on any atom is 0.231 e. The largest absolute Gasteiger partial charge is 0.454 e. The smallest absolute Gasteiger partial charge is 0.231 e. The Labute approximate surface area is 131 Å². The van der Waals surface area contributed by atoms with Crippen LogP contribution in [0.5, 0.6) is 11.5 Å². The standard InChI is InChI=1S/C17H12N2O2S/c1-2-4-14-13(3-1)18-17-19(14)9-12(22-17)7-11-5-6-15-16(8-11)21-10-20-15/h1-8H,9-10H2/b12-7-. The summed E-state index contributed by atoms with van der Waals surface area (Å²) in [6.45, 7) is 1.18. The molecule has 0 N–H and O–H groups in total. The van der Waals surface area contributed by atoms with Gasteiger partial charge in [-0.25, -0.2) is 4.98 Å². The van der Waals surface area contributed by atoms with Gasteiger partial charge in [0, 0.05) is 4.91 Å². The molecular formula is C17H12N2O2S. The van der Waals surface area contributed by atoms with Crippen LogP contribution in [0.2, 0.25) is 0 Å². The summed E-state index contributed by atoms with van der Waals surface area (Å²) in [6, 6.07) is 14.3. The molecule has 1 aromatic heterocycles. The molecule has 2 aliphatic heterocycles. The molecule has 0 spiro atoms. The zero-order chi connectivity index (χ0) is 14.5. The van der Waals surface area contributed by atoms with Gasteiger partial charge in [-0.05, 0) is 35.9 Å². The van der Waals surface area contributed by atoms with Crippen LogP contribution >= 0.6 is 11.8 Å². The van der Waals surface area contributed by atoms with Crippen LogP contribution in [0.4, 0.5) is 0 Å². The van der Waals surface area contributed by atoms with E-state index in [0.717, 1.165) is 34.3 Å². The molecule has 22 heavy (non-hydrogen) atoms. The van der Waals surface area contributed by atoms with Crippen LogP contribution in [0, 0.1) is 0 Å². The van der Waals surface area contributed by atoms with Crippen LogP contribution in [0.3, 0.4) is 0 Å². The molecule has 5 heteroatoms. The predicted molar refractivity (Wildman–Crippen MR) is 86.1 cm³/mol.